The van der Waals surface area contributed by atoms with Crippen molar-refractivity contribution in [3.63, 3.8) is 0 Å². The summed E-state index contributed by atoms with van der Waals surface area (Å²) in [6.07, 6.45) is 3.24. The highest BCUT2D eigenvalue weighted by molar-refractivity contribution is 4.93. The summed E-state index contributed by atoms with van der Waals surface area (Å²) in [5.41, 5.74) is -0.328. The molecule has 2 fully saturated rings. The zero-order chi connectivity index (χ0) is 10.0. The van der Waals surface area contributed by atoms with E-state index in [-0.39, 0.29) is 5.60 Å². The fourth-order valence-electron chi connectivity index (χ4n) is 2.48. The number of nitrogens with one attached hydrogen (secondary N) is 1. The predicted octanol–water partition coefficient (Wildman–Crippen LogP) is 0.443. The van der Waals surface area contributed by atoms with E-state index in [0.29, 0.717) is 5.92 Å². The summed E-state index contributed by atoms with van der Waals surface area (Å²) in [5, 5.41) is 13.5. The number of piperazine rings is 1. The maximum atomic E-state index is 10.2. The first-order valence-electron chi connectivity index (χ1n) is 5.86. The first-order chi connectivity index (χ1) is 6.71. The molecule has 1 saturated heterocycles. The van der Waals surface area contributed by atoms with Gasteiger partial charge in [-0.1, -0.05) is 6.92 Å². The molecule has 0 radical (unpaired) electrons. The summed E-state index contributed by atoms with van der Waals surface area (Å²) >= 11 is 0. The van der Waals surface area contributed by atoms with Crippen LogP contribution >= 0.6 is 0 Å². The first-order valence-corrected chi connectivity index (χ1v) is 5.86. The Morgan fingerprint density at radius 2 is 2.00 bits per heavy atom. The SMILES string of the molecule is CC(CN1CCNCC1)C1(O)CCC1. The summed E-state index contributed by atoms with van der Waals surface area (Å²) in [5.74, 6) is 0.439. The second-order valence-electron chi connectivity index (χ2n) is 4.91. The Kier molecular flexibility index (Phi) is 3.10. The monoisotopic (exact) mass is 198 g/mol. The van der Waals surface area contributed by atoms with Gasteiger partial charge in [0.05, 0.1) is 5.60 Å². The maximum absolute atomic E-state index is 10.2. The minimum absolute atomic E-state index is 0.328. The van der Waals surface area contributed by atoms with E-state index in [1.165, 1.54) is 6.42 Å². The zero-order valence-electron chi connectivity index (χ0n) is 9.13. The average molecular weight is 198 g/mol. The quantitative estimate of drug-likeness (QED) is 0.691. The molecule has 82 valence electrons. The molecule has 2 aliphatic rings. The Morgan fingerprint density at radius 1 is 1.36 bits per heavy atom. The van der Waals surface area contributed by atoms with E-state index in [1.54, 1.807) is 0 Å². The van der Waals surface area contributed by atoms with Gasteiger partial charge in [-0.25, -0.2) is 0 Å². The summed E-state index contributed by atoms with van der Waals surface area (Å²) in [6.45, 7) is 7.75. The fraction of sp³-hybridized carbons (Fsp3) is 1.00. The van der Waals surface area contributed by atoms with Crippen LogP contribution in [0.2, 0.25) is 0 Å². The molecule has 2 rings (SSSR count). The van der Waals surface area contributed by atoms with Crippen LogP contribution in [0.4, 0.5) is 0 Å². The van der Waals surface area contributed by atoms with Crippen molar-refractivity contribution in [1.29, 1.82) is 0 Å². The van der Waals surface area contributed by atoms with Crippen LogP contribution in [-0.2, 0) is 0 Å². The Bertz CT molecular complexity index is 186. The van der Waals surface area contributed by atoms with Gasteiger partial charge < -0.3 is 15.3 Å². The van der Waals surface area contributed by atoms with Gasteiger partial charge in [0.15, 0.2) is 0 Å². The molecule has 0 spiro atoms. The molecule has 0 aromatic rings. The third-order valence-corrected chi connectivity index (χ3v) is 3.88. The normalized spacial score (nSPS) is 29.6. The van der Waals surface area contributed by atoms with Gasteiger partial charge in [-0.05, 0) is 25.2 Å². The van der Waals surface area contributed by atoms with Gasteiger partial charge in [0.2, 0.25) is 0 Å². The second kappa shape index (κ2) is 4.17. The zero-order valence-corrected chi connectivity index (χ0v) is 9.13. The van der Waals surface area contributed by atoms with Gasteiger partial charge in [0, 0.05) is 32.7 Å². The number of hydrogen-bond acceptors (Lipinski definition) is 3. The number of hydrogen-bond donors (Lipinski definition) is 2. The van der Waals surface area contributed by atoms with Crippen molar-refractivity contribution in [2.45, 2.75) is 31.8 Å². The lowest BCUT2D eigenvalue weighted by atomic mass is 9.71. The average Bonchev–Trinajstić information content (AvgIpc) is 2.15. The minimum atomic E-state index is -0.328. The van der Waals surface area contributed by atoms with Crippen LogP contribution in [0.5, 0.6) is 0 Å². The van der Waals surface area contributed by atoms with Crippen molar-refractivity contribution in [2.24, 2.45) is 5.92 Å². The molecule has 3 heteroatoms. The predicted molar refractivity (Wildman–Crippen MR) is 57.3 cm³/mol. The molecule has 1 aliphatic heterocycles. The van der Waals surface area contributed by atoms with Gasteiger partial charge in [0.1, 0.15) is 0 Å². The molecule has 1 aliphatic carbocycles. The van der Waals surface area contributed by atoms with Crippen LogP contribution in [0.25, 0.3) is 0 Å². The van der Waals surface area contributed by atoms with E-state index < -0.39 is 0 Å². The molecule has 3 nitrogen and oxygen atoms in total. The molecular formula is C11H22N2O. The lowest BCUT2D eigenvalue weighted by Gasteiger charge is -2.44. The van der Waals surface area contributed by atoms with Crippen LogP contribution < -0.4 is 5.32 Å². The van der Waals surface area contributed by atoms with Crippen LogP contribution in [-0.4, -0.2) is 48.3 Å². The van der Waals surface area contributed by atoms with Crippen molar-refractivity contribution >= 4 is 0 Å². The van der Waals surface area contributed by atoms with Gasteiger partial charge in [-0.2, -0.15) is 0 Å². The Morgan fingerprint density at radius 3 is 2.50 bits per heavy atom. The second-order valence-corrected chi connectivity index (χ2v) is 4.91. The van der Waals surface area contributed by atoms with E-state index >= 15 is 0 Å². The smallest absolute Gasteiger partial charge is 0.0685 e. The number of nitrogens with zero attached hydrogens (tertiary/aromatic N) is 1. The van der Waals surface area contributed by atoms with Crippen molar-refractivity contribution in [3.8, 4) is 0 Å². The minimum Gasteiger partial charge on any atom is -0.390 e. The molecule has 2 N–H and O–H groups in total. The van der Waals surface area contributed by atoms with E-state index in [0.717, 1.165) is 45.6 Å². The van der Waals surface area contributed by atoms with Gasteiger partial charge in [-0.3, -0.25) is 0 Å². The molecule has 1 atom stereocenters. The molecule has 0 bridgehead atoms. The summed E-state index contributed by atoms with van der Waals surface area (Å²) < 4.78 is 0. The molecule has 1 unspecified atom stereocenters. The van der Waals surface area contributed by atoms with Crippen LogP contribution in [0.15, 0.2) is 0 Å². The number of aliphatic hydroxyl groups is 1. The third-order valence-electron chi connectivity index (χ3n) is 3.88. The number of rotatable bonds is 3. The molecule has 0 aromatic carbocycles. The van der Waals surface area contributed by atoms with Crippen molar-refractivity contribution in [1.82, 2.24) is 10.2 Å². The van der Waals surface area contributed by atoms with Crippen molar-refractivity contribution in [3.05, 3.63) is 0 Å². The molecule has 1 saturated carbocycles. The van der Waals surface area contributed by atoms with Crippen LogP contribution in [0.3, 0.4) is 0 Å². The van der Waals surface area contributed by atoms with E-state index in [2.05, 4.69) is 17.1 Å². The van der Waals surface area contributed by atoms with Gasteiger partial charge in [0.25, 0.3) is 0 Å². The molecule has 1 heterocycles. The Balaban J connectivity index is 1.78. The summed E-state index contributed by atoms with van der Waals surface area (Å²) in [7, 11) is 0. The van der Waals surface area contributed by atoms with Gasteiger partial charge >= 0.3 is 0 Å². The van der Waals surface area contributed by atoms with E-state index in [4.69, 9.17) is 0 Å². The lowest BCUT2D eigenvalue weighted by molar-refractivity contribution is -0.0862. The highest BCUT2D eigenvalue weighted by atomic mass is 16.3. The van der Waals surface area contributed by atoms with Crippen molar-refractivity contribution in [2.75, 3.05) is 32.7 Å². The fourth-order valence-corrected chi connectivity index (χ4v) is 2.48. The van der Waals surface area contributed by atoms with Crippen molar-refractivity contribution < 1.29 is 5.11 Å². The highest BCUT2D eigenvalue weighted by Gasteiger charge is 2.40. The first kappa shape index (κ1) is 10.4. The van der Waals surface area contributed by atoms with E-state index in [1.807, 2.05) is 0 Å². The third kappa shape index (κ3) is 2.10. The molecule has 14 heavy (non-hydrogen) atoms. The van der Waals surface area contributed by atoms with E-state index in [9.17, 15) is 5.11 Å². The maximum Gasteiger partial charge on any atom is 0.0685 e. The molecule has 0 aromatic heterocycles. The summed E-state index contributed by atoms with van der Waals surface area (Å²) in [4.78, 5) is 2.47. The molecular weight excluding hydrogens is 176 g/mol. The highest BCUT2D eigenvalue weighted by Crippen LogP contribution is 2.38. The van der Waals surface area contributed by atoms with Gasteiger partial charge in [-0.15, -0.1) is 0 Å². The standard InChI is InChI=1S/C11H22N2O/c1-10(11(14)3-2-4-11)9-13-7-5-12-6-8-13/h10,12,14H,2-9H2,1H3. The topological polar surface area (TPSA) is 35.5 Å². The van der Waals surface area contributed by atoms with Crippen LogP contribution in [0.1, 0.15) is 26.2 Å². The molecule has 0 amide bonds. The largest absolute Gasteiger partial charge is 0.390 e. The lowest BCUT2D eigenvalue weighted by Crippen LogP contribution is -2.51. The summed E-state index contributed by atoms with van der Waals surface area (Å²) in [6, 6.07) is 0. The Hall–Kier alpha value is -0.120. The van der Waals surface area contributed by atoms with Crippen LogP contribution in [0, 0.1) is 5.92 Å². The Labute approximate surface area is 86.5 Å².